The van der Waals surface area contributed by atoms with Crippen molar-refractivity contribution in [2.75, 3.05) is 0 Å². The first-order valence-corrected chi connectivity index (χ1v) is 6.39. The lowest BCUT2D eigenvalue weighted by Gasteiger charge is -2.10. The first-order chi connectivity index (χ1) is 10.1. The molecule has 0 aliphatic carbocycles. The number of carboxylic acids is 1. The molecule has 7 heteroatoms. The lowest BCUT2D eigenvalue weighted by molar-refractivity contribution is 0.0695. The molecule has 106 valence electrons. The second-order valence-electron chi connectivity index (χ2n) is 4.50. The van der Waals surface area contributed by atoms with Gasteiger partial charge < -0.3 is 9.67 Å². The van der Waals surface area contributed by atoms with Crippen LogP contribution >= 0.6 is 0 Å². The highest BCUT2D eigenvalue weighted by atomic mass is 16.4. The fourth-order valence-corrected chi connectivity index (χ4v) is 2.21. The van der Waals surface area contributed by atoms with Crippen LogP contribution in [0.25, 0.3) is 22.4 Å². The van der Waals surface area contributed by atoms with Crippen molar-refractivity contribution in [2.24, 2.45) is 0 Å². The number of aromatic nitrogens is 4. The fourth-order valence-electron chi connectivity index (χ4n) is 2.21. The van der Waals surface area contributed by atoms with Crippen molar-refractivity contribution >= 4 is 17.0 Å². The Morgan fingerprint density at radius 1 is 1.38 bits per heavy atom. The number of carboxylic acid groups (broad SMARTS) is 1. The van der Waals surface area contributed by atoms with Crippen molar-refractivity contribution in [3.8, 4) is 11.4 Å². The minimum atomic E-state index is -1.23. The predicted octanol–water partition coefficient (Wildman–Crippen LogP) is 1.50. The van der Waals surface area contributed by atoms with E-state index in [9.17, 15) is 9.59 Å². The van der Waals surface area contributed by atoms with Gasteiger partial charge in [-0.1, -0.05) is 0 Å². The minimum Gasteiger partial charge on any atom is -0.477 e. The average molecular weight is 284 g/mol. The molecule has 0 saturated heterocycles. The van der Waals surface area contributed by atoms with Crippen molar-refractivity contribution in [3.05, 3.63) is 46.4 Å². The van der Waals surface area contributed by atoms with Gasteiger partial charge in [0, 0.05) is 18.9 Å². The predicted molar refractivity (Wildman–Crippen MR) is 76.2 cm³/mol. The van der Waals surface area contributed by atoms with Gasteiger partial charge in [-0.3, -0.25) is 9.89 Å². The molecule has 0 amide bonds. The molecule has 21 heavy (non-hydrogen) atoms. The highest BCUT2D eigenvalue weighted by Crippen LogP contribution is 2.18. The molecular formula is C14H12N4O3. The Balaban J connectivity index is 2.34. The number of carbonyl (C=O) groups is 1. The maximum absolute atomic E-state index is 12.2. The van der Waals surface area contributed by atoms with Crippen LogP contribution < -0.4 is 5.43 Å². The van der Waals surface area contributed by atoms with E-state index in [0.29, 0.717) is 23.3 Å². The summed E-state index contributed by atoms with van der Waals surface area (Å²) in [5, 5.41) is 16.1. The van der Waals surface area contributed by atoms with Crippen molar-refractivity contribution < 1.29 is 9.90 Å². The van der Waals surface area contributed by atoms with Gasteiger partial charge in [0.2, 0.25) is 5.43 Å². The zero-order valence-corrected chi connectivity index (χ0v) is 11.2. The summed E-state index contributed by atoms with van der Waals surface area (Å²) in [6.45, 7) is 2.37. The molecule has 3 heterocycles. The summed E-state index contributed by atoms with van der Waals surface area (Å²) in [6, 6.07) is 5.04. The second kappa shape index (κ2) is 4.86. The highest BCUT2D eigenvalue weighted by Gasteiger charge is 2.15. The quantitative estimate of drug-likeness (QED) is 0.759. The van der Waals surface area contributed by atoms with E-state index in [1.54, 1.807) is 29.0 Å². The summed E-state index contributed by atoms with van der Waals surface area (Å²) in [7, 11) is 0. The summed E-state index contributed by atoms with van der Waals surface area (Å²) in [5.41, 5.74) is 1.06. The Hall–Kier alpha value is -2.96. The van der Waals surface area contributed by atoms with E-state index >= 15 is 0 Å². The monoisotopic (exact) mass is 284 g/mol. The largest absolute Gasteiger partial charge is 0.477 e. The molecule has 3 aromatic heterocycles. The molecule has 0 fully saturated rings. The van der Waals surface area contributed by atoms with Gasteiger partial charge in [0.15, 0.2) is 0 Å². The molecule has 0 aromatic carbocycles. The summed E-state index contributed by atoms with van der Waals surface area (Å²) >= 11 is 0. The number of hydrogen-bond acceptors (Lipinski definition) is 4. The second-order valence-corrected chi connectivity index (χ2v) is 4.50. The standard InChI is InChI=1S/C14H12N4O3/c1-2-18-7-9(14(20)21)12(19)8-3-4-10(16-13(8)18)11-5-6-15-17-11/h3-7H,2H2,1H3,(H,15,17)(H,20,21). The molecule has 0 atom stereocenters. The van der Waals surface area contributed by atoms with Crippen molar-refractivity contribution in [2.45, 2.75) is 13.5 Å². The molecule has 3 aromatic rings. The number of pyridine rings is 2. The number of fused-ring (bicyclic) bond motifs is 1. The summed E-state index contributed by atoms with van der Waals surface area (Å²) in [4.78, 5) is 27.8. The molecule has 7 nitrogen and oxygen atoms in total. The highest BCUT2D eigenvalue weighted by molar-refractivity contribution is 5.92. The molecule has 2 N–H and O–H groups in total. The number of hydrogen-bond donors (Lipinski definition) is 2. The number of aromatic amines is 1. The Bertz CT molecular complexity index is 881. The van der Waals surface area contributed by atoms with Gasteiger partial charge >= 0.3 is 5.97 Å². The molecular weight excluding hydrogens is 272 g/mol. The van der Waals surface area contributed by atoms with E-state index in [0.717, 1.165) is 5.69 Å². The van der Waals surface area contributed by atoms with E-state index in [4.69, 9.17) is 5.11 Å². The number of rotatable bonds is 3. The third-order valence-corrected chi connectivity index (χ3v) is 3.27. The summed E-state index contributed by atoms with van der Waals surface area (Å²) in [5.74, 6) is -1.23. The van der Waals surface area contributed by atoms with Gasteiger partial charge in [-0.05, 0) is 25.1 Å². The molecule has 0 aliphatic rings. The molecule has 0 bridgehead atoms. The van der Waals surface area contributed by atoms with Crippen molar-refractivity contribution in [3.63, 3.8) is 0 Å². The van der Waals surface area contributed by atoms with Crippen molar-refractivity contribution in [1.29, 1.82) is 0 Å². The average Bonchev–Trinajstić information content (AvgIpc) is 3.01. The van der Waals surface area contributed by atoms with Crippen LogP contribution in [0.2, 0.25) is 0 Å². The fraction of sp³-hybridized carbons (Fsp3) is 0.143. The Labute approximate surface area is 118 Å². The number of H-pyrrole nitrogens is 1. The van der Waals surface area contributed by atoms with Crippen LogP contribution in [0.15, 0.2) is 35.4 Å². The van der Waals surface area contributed by atoms with E-state index in [2.05, 4.69) is 15.2 Å². The van der Waals surface area contributed by atoms with E-state index in [1.807, 2.05) is 6.92 Å². The van der Waals surface area contributed by atoms with Crippen LogP contribution in [0.1, 0.15) is 17.3 Å². The van der Waals surface area contributed by atoms with E-state index < -0.39 is 11.4 Å². The lowest BCUT2D eigenvalue weighted by Crippen LogP contribution is -2.19. The first-order valence-electron chi connectivity index (χ1n) is 6.39. The number of aryl methyl sites for hydroxylation is 1. The molecule has 0 saturated carbocycles. The maximum atomic E-state index is 12.2. The SMILES string of the molecule is CCn1cc(C(=O)O)c(=O)c2ccc(-c3ccn[nH]3)nc21. The summed E-state index contributed by atoms with van der Waals surface area (Å²) < 4.78 is 1.65. The summed E-state index contributed by atoms with van der Waals surface area (Å²) in [6.07, 6.45) is 2.94. The van der Waals surface area contributed by atoms with Crippen LogP contribution in [-0.4, -0.2) is 30.8 Å². The topological polar surface area (TPSA) is 101 Å². The van der Waals surface area contributed by atoms with Gasteiger partial charge in [0.05, 0.1) is 16.8 Å². The number of nitrogens with zero attached hydrogens (tertiary/aromatic N) is 3. The van der Waals surface area contributed by atoms with Crippen LogP contribution in [0.5, 0.6) is 0 Å². The van der Waals surface area contributed by atoms with Gasteiger partial charge in [0.1, 0.15) is 11.2 Å². The van der Waals surface area contributed by atoms with Gasteiger partial charge in [-0.15, -0.1) is 0 Å². The molecule has 0 spiro atoms. The third-order valence-electron chi connectivity index (χ3n) is 3.27. The first kappa shape index (κ1) is 13.0. The normalized spacial score (nSPS) is 10.9. The van der Waals surface area contributed by atoms with Crippen LogP contribution in [-0.2, 0) is 6.54 Å². The minimum absolute atomic E-state index is 0.250. The van der Waals surface area contributed by atoms with Crippen LogP contribution in [0.3, 0.4) is 0 Å². The smallest absolute Gasteiger partial charge is 0.341 e. The van der Waals surface area contributed by atoms with Crippen LogP contribution in [0.4, 0.5) is 0 Å². The van der Waals surface area contributed by atoms with Gasteiger partial charge in [-0.25, -0.2) is 9.78 Å². The third kappa shape index (κ3) is 2.08. The molecule has 3 rings (SSSR count). The van der Waals surface area contributed by atoms with E-state index in [1.165, 1.54) is 6.20 Å². The number of aromatic carboxylic acids is 1. The molecule has 0 radical (unpaired) electrons. The van der Waals surface area contributed by atoms with Crippen LogP contribution in [0, 0.1) is 0 Å². The Morgan fingerprint density at radius 3 is 2.81 bits per heavy atom. The van der Waals surface area contributed by atoms with Crippen molar-refractivity contribution in [1.82, 2.24) is 19.7 Å². The van der Waals surface area contributed by atoms with E-state index in [-0.39, 0.29) is 5.56 Å². The molecule has 0 unspecified atom stereocenters. The Morgan fingerprint density at radius 2 is 2.19 bits per heavy atom. The zero-order valence-electron chi connectivity index (χ0n) is 11.2. The number of nitrogens with one attached hydrogen (secondary N) is 1. The maximum Gasteiger partial charge on any atom is 0.341 e. The molecule has 0 aliphatic heterocycles. The van der Waals surface area contributed by atoms with Gasteiger partial charge in [-0.2, -0.15) is 5.10 Å². The van der Waals surface area contributed by atoms with Gasteiger partial charge in [0.25, 0.3) is 0 Å². The Kier molecular flexibility index (Phi) is 3.02. The zero-order chi connectivity index (χ0) is 15.0. The lowest BCUT2D eigenvalue weighted by atomic mass is 10.1.